The summed E-state index contributed by atoms with van der Waals surface area (Å²) >= 11 is 13.4. The van der Waals surface area contributed by atoms with Crippen LogP contribution in [0.25, 0.3) is 10.6 Å². The topological polar surface area (TPSA) is 12.9 Å². The quantitative estimate of drug-likeness (QED) is 0.723. The summed E-state index contributed by atoms with van der Waals surface area (Å²) in [5.74, 6) is 0. The molecule has 1 heterocycles. The first-order valence-electron chi connectivity index (χ1n) is 4.04. The summed E-state index contributed by atoms with van der Waals surface area (Å²) in [7, 11) is 0. The van der Waals surface area contributed by atoms with Crippen molar-refractivity contribution in [1.82, 2.24) is 4.98 Å². The molecule has 1 aromatic carbocycles. The van der Waals surface area contributed by atoms with Gasteiger partial charge in [-0.25, -0.2) is 4.98 Å². The minimum atomic E-state index is 0.639. The predicted molar refractivity (Wildman–Crippen MR) is 62.3 cm³/mol. The molecular formula is C10H7Cl2NS. The maximum atomic E-state index is 5.90. The molecule has 2 aromatic rings. The van der Waals surface area contributed by atoms with Crippen molar-refractivity contribution in [1.29, 1.82) is 0 Å². The van der Waals surface area contributed by atoms with Crippen LogP contribution in [0.5, 0.6) is 0 Å². The molecule has 4 heteroatoms. The first-order valence-corrected chi connectivity index (χ1v) is 5.67. The molecule has 0 saturated heterocycles. The average Bonchev–Trinajstić information content (AvgIpc) is 2.50. The van der Waals surface area contributed by atoms with Crippen LogP contribution in [0.1, 0.15) is 5.69 Å². The molecule has 0 N–H and O–H groups in total. The molecule has 0 radical (unpaired) electrons. The lowest BCUT2D eigenvalue weighted by Gasteiger charge is -1.98. The third kappa shape index (κ3) is 2.08. The summed E-state index contributed by atoms with van der Waals surface area (Å²) in [6.07, 6.45) is 0. The van der Waals surface area contributed by atoms with Gasteiger partial charge in [-0.15, -0.1) is 11.3 Å². The van der Waals surface area contributed by atoms with E-state index in [0.29, 0.717) is 10.0 Å². The van der Waals surface area contributed by atoms with E-state index >= 15 is 0 Å². The highest BCUT2D eigenvalue weighted by molar-refractivity contribution is 7.13. The van der Waals surface area contributed by atoms with Crippen molar-refractivity contribution in [3.05, 3.63) is 39.3 Å². The molecule has 2 rings (SSSR count). The van der Waals surface area contributed by atoms with Crippen LogP contribution in [0, 0.1) is 6.92 Å². The fraction of sp³-hybridized carbons (Fsp3) is 0.100. The second-order valence-electron chi connectivity index (χ2n) is 2.95. The Morgan fingerprint density at radius 2 is 1.79 bits per heavy atom. The van der Waals surface area contributed by atoms with E-state index in [1.165, 1.54) is 0 Å². The van der Waals surface area contributed by atoms with Crippen LogP contribution in [0.4, 0.5) is 0 Å². The van der Waals surface area contributed by atoms with Gasteiger partial charge in [0.25, 0.3) is 0 Å². The number of aromatic nitrogens is 1. The molecule has 0 aliphatic heterocycles. The molecule has 0 fully saturated rings. The number of aryl methyl sites for hydroxylation is 1. The largest absolute Gasteiger partial charge is 0.241 e. The zero-order valence-corrected chi connectivity index (χ0v) is 9.75. The Labute approximate surface area is 96.3 Å². The molecule has 1 nitrogen and oxygen atoms in total. The highest BCUT2D eigenvalue weighted by Gasteiger charge is 2.04. The second kappa shape index (κ2) is 3.89. The van der Waals surface area contributed by atoms with Crippen LogP contribution in [-0.2, 0) is 0 Å². The molecule has 14 heavy (non-hydrogen) atoms. The number of thiazole rings is 1. The maximum Gasteiger partial charge on any atom is 0.123 e. The molecule has 0 amide bonds. The van der Waals surface area contributed by atoms with Crippen LogP contribution in [0.3, 0.4) is 0 Å². The summed E-state index contributed by atoms with van der Waals surface area (Å²) in [6, 6.07) is 5.45. The van der Waals surface area contributed by atoms with E-state index < -0.39 is 0 Å². The highest BCUT2D eigenvalue weighted by Crippen LogP contribution is 2.29. The Morgan fingerprint density at radius 3 is 2.29 bits per heavy atom. The van der Waals surface area contributed by atoms with Gasteiger partial charge in [-0.2, -0.15) is 0 Å². The lowest BCUT2D eigenvalue weighted by Crippen LogP contribution is -1.77. The molecule has 0 bridgehead atoms. The summed E-state index contributed by atoms with van der Waals surface area (Å²) in [4.78, 5) is 4.36. The lowest BCUT2D eigenvalue weighted by molar-refractivity contribution is 1.27. The Kier molecular flexibility index (Phi) is 2.77. The van der Waals surface area contributed by atoms with Crippen molar-refractivity contribution in [2.45, 2.75) is 6.92 Å². The summed E-state index contributed by atoms with van der Waals surface area (Å²) in [5.41, 5.74) is 1.99. The minimum absolute atomic E-state index is 0.639. The number of benzene rings is 1. The molecule has 0 aliphatic carbocycles. The number of rotatable bonds is 1. The molecule has 0 unspecified atom stereocenters. The number of hydrogen-bond acceptors (Lipinski definition) is 2. The smallest absolute Gasteiger partial charge is 0.123 e. The van der Waals surface area contributed by atoms with E-state index in [1.807, 2.05) is 24.4 Å². The number of halogens is 2. The second-order valence-corrected chi connectivity index (χ2v) is 4.68. The average molecular weight is 244 g/mol. The number of nitrogens with zero attached hydrogens (tertiary/aromatic N) is 1. The van der Waals surface area contributed by atoms with Crippen LogP contribution in [0.2, 0.25) is 10.0 Å². The fourth-order valence-electron chi connectivity index (χ4n) is 1.16. The summed E-state index contributed by atoms with van der Waals surface area (Å²) in [5, 5.41) is 4.23. The van der Waals surface area contributed by atoms with Crippen LogP contribution >= 0.6 is 34.5 Å². The van der Waals surface area contributed by atoms with E-state index in [-0.39, 0.29) is 0 Å². The van der Waals surface area contributed by atoms with Gasteiger partial charge in [-0.3, -0.25) is 0 Å². The Bertz CT molecular complexity index is 445. The van der Waals surface area contributed by atoms with E-state index in [4.69, 9.17) is 23.2 Å². The Balaban J connectivity index is 2.51. The molecule has 1 aromatic heterocycles. The van der Waals surface area contributed by atoms with Gasteiger partial charge in [-0.1, -0.05) is 23.2 Å². The van der Waals surface area contributed by atoms with Gasteiger partial charge in [0, 0.05) is 26.7 Å². The van der Waals surface area contributed by atoms with Crippen molar-refractivity contribution in [2.24, 2.45) is 0 Å². The molecule has 0 spiro atoms. The SMILES string of the molecule is Cc1csc(-c2cc(Cl)cc(Cl)c2)n1. The van der Waals surface area contributed by atoms with Crippen LogP contribution in [-0.4, -0.2) is 4.98 Å². The van der Waals surface area contributed by atoms with Crippen LogP contribution in [0.15, 0.2) is 23.6 Å². The summed E-state index contributed by atoms with van der Waals surface area (Å²) < 4.78 is 0. The number of hydrogen-bond donors (Lipinski definition) is 0. The van der Waals surface area contributed by atoms with Gasteiger partial charge in [-0.05, 0) is 25.1 Å². The van der Waals surface area contributed by atoms with E-state index in [0.717, 1.165) is 16.3 Å². The fourth-order valence-corrected chi connectivity index (χ4v) is 2.48. The first-order chi connectivity index (χ1) is 6.65. The Morgan fingerprint density at radius 1 is 1.14 bits per heavy atom. The third-order valence-electron chi connectivity index (χ3n) is 1.73. The van der Waals surface area contributed by atoms with Gasteiger partial charge in [0.05, 0.1) is 0 Å². The zero-order valence-electron chi connectivity index (χ0n) is 7.42. The van der Waals surface area contributed by atoms with Gasteiger partial charge in [0.15, 0.2) is 0 Å². The maximum absolute atomic E-state index is 5.90. The predicted octanol–water partition coefficient (Wildman–Crippen LogP) is 4.43. The molecule has 0 aliphatic rings. The first kappa shape index (κ1) is 9.97. The van der Waals surface area contributed by atoms with Gasteiger partial charge < -0.3 is 0 Å². The van der Waals surface area contributed by atoms with Crippen molar-refractivity contribution in [3.8, 4) is 10.6 Å². The van der Waals surface area contributed by atoms with Gasteiger partial charge in [0.1, 0.15) is 5.01 Å². The van der Waals surface area contributed by atoms with Crippen molar-refractivity contribution < 1.29 is 0 Å². The normalized spacial score (nSPS) is 10.5. The highest BCUT2D eigenvalue weighted by atomic mass is 35.5. The van der Waals surface area contributed by atoms with Crippen LogP contribution < -0.4 is 0 Å². The zero-order chi connectivity index (χ0) is 10.1. The van der Waals surface area contributed by atoms with Crippen molar-refractivity contribution >= 4 is 34.5 Å². The van der Waals surface area contributed by atoms with E-state index in [1.54, 1.807) is 17.4 Å². The molecule has 0 atom stereocenters. The third-order valence-corrected chi connectivity index (χ3v) is 3.17. The minimum Gasteiger partial charge on any atom is -0.241 e. The standard InChI is InChI=1S/C10H7Cl2NS/c1-6-5-14-10(13-6)7-2-8(11)4-9(12)3-7/h2-5H,1H3. The Hall–Kier alpha value is -0.570. The molecular weight excluding hydrogens is 237 g/mol. The van der Waals surface area contributed by atoms with E-state index in [2.05, 4.69) is 4.98 Å². The molecule has 0 saturated carbocycles. The van der Waals surface area contributed by atoms with Crippen molar-refractivity contribution in [3.63, 3.8) is 0 Å². The summed E-state index contributed by atoms with van der Waals surface area (Å²) in [6.45, 7) is 1.96. The monoisotopic (exact) mass is 243 g/mol. The van der Waals surface area contributed by atoms with E-state index in [9.17, 15) is 0 Å². The van der Waals surface area contributed by atoms with Crippen molar-refractivity contribution in [2.75, 3.05) is 0 Å². The van der Waals surface area contributed by atoms with Gasteiger partial charge in [0.2, 0.25) is 0 Å². The molecule has 72 valence electrons. The van der Waals surface area contributed by atoms with Gasteiger partial charge >= 0.3 is 0 Å². The lowest BCUT2D eigenvalue weighted by atomic mass is 10.2.